The molecule has 16 heavy (non-hydrogen) atoms. The summed E-state index contributed by atoms with van der Waals surface area (Å²) in [6.07, 6.45) is 4.48. The lowest BCUT2D eigenvalue weighted by Crippen LogP contribution is -2.14. The van der Waals surface area contributed by atoms with E-state index in [1.807, 2.05) is 0 Å². The predicted molar refractivity (Wildman–Crippen MR) is 59.3 cm³/mol. The van der Waals surface area contributed by atoms with E-state index in [1.165, 1.54) is 6.20 Å². The van der Waals surface area contributed by atoms with Crippen LogP contribution in [-0.4, -0.2) is 19.9 Å². The molecule has 0 saturated heterocycles. The van der Waals surface area contributed by atoms with Crippen LogP contribution in [0.25, 0.3) is 0 Å². The molecule has 0 radical (unpaired) electrons. The molecule has 0 unspecified atom stereocenters. The summed E-state index contributed by atoms with van der Waals surface area (Å²) in [4.78, 5) is 25.6. The maximum atomic E-state index is 11.2. The number of aromatic amines is 1. The molecular weight excluding hydrogens is 208 g/mol. The molecule has 82 valence electrons. The Morgan fingerprint density at radius 3 is 2.56 bits per heavy atom. The number of hydrogen-bond donors (Lipinski definition) is 3. The average molecular weight is 218 g/mol. The van der Waals surface area contributed by atoms with Crippen LogP contribution in [0.15, 0.2) is 23.4 Å². The maximum absolute atomic E-state index is 11.2. The first-order valence-electron chi connectivity index (χ1n) is 4.55. The number of H-pyrrole nitrogens is 1. The highest BCUT2D eigenvalue weighted by molar-refractivity contribution is 5.50. The van der Waals surface area contributed by atoms with Gasteiger partial charge in [-0.25, -0.2) is 15.0 Å². The zero-order valence-corrected chi connectivity index (χ0v) is 8.56. The lowest BCUT2D eigenvalue weighted by atomic mass is 10.5. The van der Waals surface area contributed by atoms with E-state index >= 15 is 0 Å². The molecule has 0 amide bonds. The monoisotopic (exact) mass is 218 g/mol. The average Bonchev–Trinajstić information content (AvgIpc) is 2.27. The lowest BCUT2D eigenvalue weighted by molar-refractivity contribution is 1.05. The van der Waals surface area contributed by atoms with Gasteiger partial charge in [0.1, 0.15) is 11.5 Å². The van der Waals surface area contributed by atoms with Crippen LogP contribution in [0.3, 0.4) is 0 Å². The number of aryl methyl sites for hydroxylation is 1. The summed E-state index contributed by atoms with van der Waals surface area (Å²) in [5.41, 5.74) is 5.67. The zero-order chi connectivity index (χ0) is 11.5. The quantitative estimate of drug-likeness (QED) is 0.664. The van der Waals surface area contributed by atoms with E-state index in [1.54, 1.807) is 19.3 Å². The molecule has 0 saturated carbocycles. The third kappa shape index (κ3) is 2.14. The summed E-state index contributed by atoms with van der Waals surface area (Å²) in [6, 6.07) is 0. The number of rotatable bonds is 2. The Hall–Kier alpha value is -2.44. The molecule has 7 heteroatoms. The van der Waals surface area contributed by atoms with E-state index in [4.69, 9.17) is 5.73 Å². The van der Waals surface area contributed by atoms with Gasteiger partial charge in [-0.3, -0.25) is 9.78 Å². The van der Waals surface area contributed by atoms with Gasteiger partial charge in [0.25, 0.3) is 5.56 Å². The van der Waals surface area contributed by atoms with Gasteiger partial charge in [-0.2, -0.15) is 0 Å². The molecule has 0 aliphatic rings. The van der Waals surface area contributed by atoms with Crippen molar-refractivity contribution in [2.75, 3.05) is 11.1 Å². The van der Waals surface area contributed by atoms with Gasteiger partial charge in [-0.15, -0.1) is 0 Å². The van der Waals surface area contributed by atoms with Crippen molar-refractivity contribution in [3.8, 4) is 0 Å². The highest BCUT2D eigenvalue weighted by Crippen LogP contribution is 2.08. The van der Waals surface area contributed by atoms with Gasteiger partial charge in [0, 0.05) is 0 Å². The largest absolute Gasteiger partial charge is 0.393 e. The Morgan fingerprint density at radius 1 is 1.25 bits per heavy atom. The van der Waals surface area contributed by atoms with Crippen molar-refractivity contribution in [3.63, 3.8) is 0 Å². The summed E-state index contributed by atoms with van der Waals surface area (Å²) in [6.45, 7) is 1.78. The van der Waals surface area contributed by atoms with E-state index in [0.29, 0.717) is 17.5 Å². The Bertz CT molecular complexity index is 547. The lowest BCUT2D eigenvalue weighted by Gasteiger charge is -2.04. The number of nitrogens with two attached hydrogens (primary N) is 1. The minimum atomic E-state index is -0.384. The van der Waals surface area contributed by atoms with Crippen molar-refractivity contribution in [1.29, 1.82) is 0 Å². The molecule has 2 heterocycles. The normalized spacial score (nSPS) is 10.1. The van der Waals surface area contributed by atoms with Crippen molar-refractivity contribution in [2.24, 2.45) is 0 Å². The number of aromatic nitrogens is 4. The minimum Gasteiger partial charge on any atom is -0.393 e. The molecule has 0 bridgehead atoms. The van der Waals surface area contributed by atoms with Gasteiger partial charge in [-0.1, -0.05) is 0 Å². The van der Waals surface area contributed by atoms with E-state index in [2.05, 4.69) is 25.3 Å². The molecule has 0 aliphatic carbocycles. The van der Waals surface area contributed by atoms with Crippen molar-refractivity contribution in [1.82, 2.24) is 19.9 Å². The zero-order valence-electron chi connectivity index (χ0n) is 8.56. The topological polar surface area (TPSA) is 110 Å². The standard InChI is InChI=1S/C9H10N6O/c1-5-11-2-6(3-12-5)14-9-13-4-7(10)8(16)15-9/h2-4H,10H2,1H3,(H2,13,14,15,16). The van der Waals surface area contributed by atoms with Gasteiger partial charge in [-0.05, 0) is 6.92 Å². The number of nitrogen functional groups attached to an aromatic ring is 1. The van der Waals surface area contributed by atoms with Crippen LogP contribution in [0, 0.1) is 6.92 Å². The second kappa shape index (κ2) is 3.97. The van der Waals surface area contributed by atoms with Crippen LogP contribution in [0.2, 0.25) is 0 Å². The molecule has 2 aromatic rings. The maximum Gasteiger partial charge on any atom is 0.275 e. The highest BCUT2D eigenvalue weighted by Gasteiger charge is 2.00. The molecule has 2 rings (SSSR count). The van der Waals surface area contributed by atoms with Gasteiger partial charge in [0.15, 0.2) is 0 Å². The van der Waals surface area contributed by atoms with Gasteiger partial charge < -0.3 is 11.1 Å². The van der Waals surface area contributed by atoms with Gasteiger partial charge in [0.2, 0.25) is 5.95 Å². The second-order valence-electron chi connectivity index (χ2n) is 3.16. The molecule has 0 atom stereocenters. The van der Waals surface area contributed by atoms with Crippen molar-refractivity contribution in [2.45, 2.75) is 6.92 Å². The summed E-state index contributed by atoms with van der Waals surface area (Å²) < 4.78 is 0. The summed E-state index contributed by atoms with van der Waals surface area (Å²) >= 11 is 0. The summed E-state index contributed by atoms with van der Waals surface area (Å²) in [7, 11) is 0. The van der Waals surface area contributed by atoms with E-state index in [0.717, 1.165) is 0 Å². The third-order valence-corrected chi connectivity index (χ3v) is 1.87. The summed E-state index contributed by atoms with van der Waals surface area (Å²) in [5.74, 6) is 0.968. The van der Waals surface area contributed by atoms with Crippen LogP contribution < -0.4 is 16.6 Å². The first-order chi connectivity index (χ1) is 7.65. The fourth-order valence-corrected chi connectivity index (χ4v) is 1.06. The minimum absolute atomic E-state index is 0.0747. The van der Waals surface area contributed by atoms with Gasteiger partial charge in [0.05, 0.1) is 24.3 Å². The van der Waals surface area contributed by atoms with Crippen LogP contribution in [-0.2, 0) is 0 Å². The molecule has 4 N–H and O–H groups in total. The predicted octanol–water partition coefficient (Wildman–Crippen LogP) is 0.194. The first-order valence-corrected chi connectivity index (χ1v) is 4.55. The Balaban J connectivity index is 2.24. The van der Waals surface area contributed by atoms with Crippen LogP contribution in [0.1, 0.15) is 5.82 Å². The molecule has 0 aromatic carbocycles. The fourth-order valence-electron chi connectivity index (χ4n) is 1.06. The van der Waals surface area contributed by atoms with E-state index in [-0.39, 0.29) is 11.2 Å². The van der Waals surface area contributed by atoms with Crippen molar-refractivity contribution < 1.29 is 0 Å². The number of anilines is 3. The Kier molecular flexibility index (Phi) is 2.50. The van der Waals surface area contributed by atoms with E-state index < -0.39 is 0 Å². The first kappa shape index (κ1) is 10.1. The smallest absolute Gasteiger partial charge is 0.275 e. The molecule has 0 fully saturated rings. The van der Waals surface area contributed by atoms with Crippen LogP contribution in [0.5, 0.6) is 0 Å². The molecule has 7 nitrogen and oxygen atoms in total. The number of hydrogen-bond acceptors (Lipinski definition) is 6. The fraction of sp³-hybridized carbons (Fsp3) is 0.111. The number of nitrogens with one attached hydrogen (secondary N) is 2. The Labute approximate surface area is 90.8 Å². The van der Waals surface area contributed by atoms with Crippen LogP contribution >= 0.6 is 0 Å². The second-order valence-corrected chi connectivity index (χ2v) is 3.16. The molecule has 0 aliphatic heterocycles. The van der Waals surface area contributed by atoms with Crippen molar-refractivity contribution >= 4 is 17.3 Å². The molecular formula is C9H10N6O. The SMILES string of the molecule is Cc1ncc(Nc2ncc(N)c(=O)[nH]2)cn1. The van der Waals surface area contributed by atoms with Gasteiger partial charge >= 0.3 is 0 Å². The van der Waals surface area contributed by atoms with Crippen LogP contribution in [0.4, 0.5) is 17.3 Å². The Morgan fingerprint density at radius 2 is 1.94 bits per heavy atom. The number of nitrogens with zero attached hydrogens (tertiary/aromatic N) is 3. The third-order valence-electron chi connectivity index (χ3n) is 1.87. The van der Waals surface area contributed by atoms with Crippen molar-refractivity contribution in [3.05, 3.63) is 34.8 Å². The van der Waals surface area contributed by atoms with E-state index in [9.17, 15) is 4.79 Å². The molecule has 2 aromatic heterocycles. The highest BCUT2D eigenvalue weighted by atomic mass is 16.1. The summed E-state index contributed by atoms with van der Waals surface area (Å²) in [5, 5.41) is 2.85. The molecule has 0 spiro atoms.